The van der Waals surface area contributed by atoms with Crippen molar-refractivity contribution in [3.8, 4) is 0 Å². The number of amides is 1. The molecule has 0 aliphatic rings. The maximum absolute atomic E-state index is 12.4. The second-order valence-corrected chi connectivity index (χ2v) is 6.40. The first-order valence-electron chi connectivity index (χ1n) is 6.31. The summed E-state index contributed by atoms with van der Waals surface area (Å²) in [5.41, 5.74) is 2.26. The van der Waals surface area contributed by atoms with E-state index in [1.54, 1.807) is 0 Å². The molecule has 0 saturated heterocycles. The van der Waals surface area contributed by atoms with Crippen LogP contribution in [0.1, 0.15) is 16.1 Å². The third-order valence-corrected chi connectivity index (χ3v) is 4.38. The highest BCUT2D eigenvalue weighted by molar-refractivity contribution is 9.11. The molecule has 3 nitrogen and oxygen atoms in total. The summed E-state index contributed by atoms with van der Waals surface area (Å²) >= 11 is 6.81. The predicted molar refractivity (Wildman–Crippen MR) is 90.7 cm³/mol. The Morgan fingerprint density at radius 1 is 1.14 bits per heavy atom. The van der Waals surface area contributed by atoms with E-state index in [0.29, 0.717) is 11.4 Å². The van der Waals surface area contributed by atoms with Gasteiger partial charge in [-0.3, -0.25) is 4.79 Å². The van der Waals surface area contributed by atoms with Crippen molar-refractivity contribution in [2.75, 3.05) is 5.32 Å². The zero-order valence-electron chi connectivity index (χ0n) is 11.1. The summed E-state index contributed by atoms with van der Waals surface area (Å²) in [5, 5.41) is 3.81. The van der Waals surface area contributed by atoms with Gasteiger partial charge in [0.25, 0.3) is 5.91 Å². The Bertz CT molecular complexity index is 839. The van der Waals surface area contributed by atoms with Crippen molar-refractivity contribution in [1.82, 2.24) is 0 Å². The molecule has 0 saturated carbocycles. The summed E-state index contributed by atoms with van der Waals surface area (Å²) in [5.74, 6) is 0.0812. The lowest BCUT2D eigenvalue weighted by Gasteiger charge is -2.06. The SMILES string of the molecule is Cc1c(C(=O)Nc2ccc(Br)cc2Br)oc2ccccc12. The number of fused-ring (bicyclic) bond motifs is 1. The minimum Gasteiger partial charge on any atom is -0.451 e. The number of anilines is 1. The highest BCUT2D eigenvalue weighted by atomic mass is 79.9. The fraction of sp³-hybridized carbons (Fsp3) is 0.0625. The molecule has 0 fully saturated rings. The van der Waals surface area contributed by atoms with E-state index in [4.69, 9.17) is 4.42 Å². The van der Waals surface area contributed by atoms with Crippen LogP contribution in [-0.2, 0) is 0 Å². The van der Waals surface area contributed by atoms with Gasteiger partial charge in [-0.25, -0.2) is 0 Å². The Balaban J connectivity index is 1.95. The van der Waals surface area contributed by atoms with E-state index in [0.717, 1.165) is 25.5 Å². The van der Waals surface area contributed by atoms with Crippen molar-refractivity contribution in [3.63, 3.8) is 0 Å². The number of nitrogens with one attached hydrogen (secondary N) is 1. The van der Waals surface area contributed by atoms with E-state index in [-0.39, 0.29) is 5.91 Å². The van der Waals surface area contributed by atoms with Crippen LogP contribution in [0, 0.1) is 6.92 Å². The number of halogens is 2. The number of hydrogen-bond acceptors (Lipinski definition) is 2. The lowest BCUT2D eigenvalue weighted by molar-refractivity contribution is 0.0998. The molecule has 0 bridgehead atoms. The molecule has 0 atom stereocenters. The predicted octanol–water partition coefficient (Wildman–Crippen LogP) is 5.52. The summed E-state index contributed by atoms with van der Waals surface area (Å²) < 4.78 is 7.40. The number of carbonyl (C=O) groups excluding carboxylic acids is 1. The van der Waals surface area contributed by atoms with Gasteiger partial charge in [0.2, 0.25) is 0 Å². The van der Waals surface area contributed by atoms with Crippen LogP contribution in [0.15, 0.2) is 55.8 Å². The topological polar surface area (TPSA) is 42.2 Å². The molecular weight excluding hydrogens is 398 g/mol. The van der Waals surface area contributed by atoms with Crippen LogP contribution in [0.25, 0.3) is 11.0 Å². The first-order valence-corrected chi connectivity index (χ1v) is 7.89. The van der Waals surface area contributed by atoms with Gasteiger partial charge in [0, 0.05) is 19.9 Å². The quantitative estimate of drug-likeness (QED) is 0.606. The molecule has 0 unspecified atom stereocenters. The molecule has 3 aromatic rings. The molecule has 2 aromatic carbocycles. The Labute approximate surface area is 138 Å². The molecule has 1 heterocycles. The van der Waals surface area contributed by atoms with Gasteiger partial charge in [0.1, 0.15) is 5.58 Å². The van der Waals surface area contributed by atoms with Crippen LogP contribution in [0.3, 0.4) is 0 Å². The third-order valence-electron chi connectivity index (χ3n) is 3.23. The largest absolute Gasteiger partial charge is 0.451 e. The lowest BCUT2D eigenvalue weighted by atomic mass is 10.1. The number of benzene rings is 2. The monoisotopic (exact) mass is 407 g/mol. The molecule has 0 spiro atoms. The highest BCUT2D eigenvalue weighted by Crippen LogP contribution is 2.29. The average molecular weight is 409 g/mol. The van der Waals surface area contributed by atoms with Gasteiger partial charge in [0.05, 0.1) is 5.69 Å². The molecule has 1 aromatic heterocycles. The summed E-state index contributed by atoms with van der Waals surface area (Å²) in [6.07, 6.45) is 0. The first kappa shape index (κ1) is 14.4. The molecule has 0 radical (unpaired) electrons. The zero-order chi connectivity index (χ0) is 15.0. The van der Waals surface area contributed by atoms with E-state index in [1.807, 2.05) is 49.4 Å². The molecule has 1 amide bonds. The first-order chi connectivity index (χ1) is 10.1. The van der Waals surface area contributed by atoms with Gasteiger partial charge < -0.3 is 9.73 Å². The molecule has 1 N–H and O–H groups in total. The summed E-state index contributed by atoms with van der Waals surface area (Å²) in [4.78, 5) is 12.4. The fourth-order valence-corrected chi connectivity index (χ4v) is 3.31. The standard InChI is InChI=1S/C16H11Br2NO2/c1-9-11-4-2-3-5-14(11)21-15(9)16(20)19-13-7-6-10(17)8-12(13)18/h2-8H,1H3,(H,19,20). The van der Waals surface area contributed by atoms with E-state index < -0.39 is 0 Å². The zero-order valence-corrected chi connectivity index (χ0v) is 14.3. The Morgan fingerprint density at radius 2 is 1.90 bits per heavy atom. The van der Waals surface area contributed by atoms with Crippen molar-refractivity contribution < 1.29 is 9.21 Å². The number of para-hydroxylation sites is 1. The van der Waals surface area contributed by atoms with Gasteiger partial charge in [-0.15, -0.1) is 0 Å². The van der Waals surface area contributed by atoms with Crippen LogP contribution < -0.4 is 5.32 Å². The molecule has 21 heavy (non-hydrogen) atoms. The van der Waals surface area contributed by atoms with E-state index >= 15 is 0 Å². The minimum absolute atomic E-state index is 0.258. The number of furan rings is 1. The van der Waals surface area contributed by atoms with Crippen LogP contribution in [0.2, 0.25) is 0 Å². The van der Waals surface area contributed by atoms with Gasteiger partial charge >= 0.3 is 0 Å². The van der Waals surface area contributed by atoms with Gasteiger partial charge in [-0.2, -0.15) is 0 Å². The van der Waals surface area contributed by atoms with Crippen LogP contribution in [0.4, 0.5) is 5.69 Å². The lowest BCUT2D eigenvalue weighted by Crippen LogP contribution is -2.12. The summed E-state index contributed by atoms with van der Waals surface area (Å²) in [6, 6.07) is 13.2. The smallest absolute Gasteiger partial charge is 0.291 e. The van der Waals surface area contributed by atoms with Crippen molar-refractivity contribution >= 4 is 54.4 Å². The molecule has 0 aliphatic carbocycles. The normalized spacial score (nSPS) is 10.8. The summed E-state index contributed by atoms with van der Waals surface area (Å²) in [6.45, 7) is 1.89. The molecular formula is C16H11Br2NO2. The van der Waals surface area contributed by atoms with Gasteiger partial charge in [-0.1, -0.05) is 34.1 Å². The highest BCUT2D eigenvalue weighted by Gasteiger charge is 2.18. The van der Waals surface area contributed by atoms with Crippen LogP contribution >= 0.6 is 31.9 Å². The molecule has 3 rings (SSSR count). The number of carbonyl (C=O) groups is 1. The van der Waals surface area contributed by atoms with Crippen LogP contribution in [0.5, 0.6) is 0 Å². The number of hydrogen-bond donors (Lipinski definition) is 1. The van der Waals surface area contributed by atoms with E-state index in [9.17, 15) is 4.79 Å². The Kier molecular flexibility index (Phi) is 3.87. The maximum atomic E-state index is 12.4. The van der Waals surface area contributed by atoms with Crippen molar-refractivity contribution in [2.24, 2.45) is 0 Å². The second-order valence-electron chi connectivity index (χ2n) is 4.63. The number of rotatable bonds is 2. The summed E-state index contributed by atoms with van der Waals surface area (Å²) in [7, 11) is 0. The van der Waals surface area contributed by atoms with Crippen molar-refractivity contribution in [1.29, 1.82) is 0 Å². The third kappa shape index (κ3) is 2.76. The molecule has 106 valence electrons. The molecule has 5 heteroatoms. The van der Waals surface area contributed by atoms with Crippen molar-refractivity contribution in [2.45, 2.75) is 6.92 Å². The van der Waals surface area contributed by atoms with Crippen molar-refractivity contribution in [3.05, 3.63) is 62.7 Å². The minimum atomic E-state index is -0.258. The average Bonchev–Trinajstić information content (AvgIpc) is 2.80. The Hall–Kier alpha value is -1.59. The van der Waals surface area contributed by atoms with Gasteiger partial charge in [-0.05, 0) is 47.1 Å². The van der Waals surface area contributed by atoms with Crippen LogP contribution in [-0.4, -0.2) is 5.91 Å². The Morgan fingerprint density at radius 3 is 2.62 bits per heavy atom. The molecule has 0 aliphatic heterocycles. The number of aryl methyl sites for hydroxylation is 1. The maximum Gasteiger partial charge on any atom is 0.291 e. The van der Waals surface area contributed by atoms with E-state index in [2.05, 4.69) is 37.2 Å². The fourth-order valence-electron chi connectivity index (χ4n) is 2.16. The van der Waals surface area contributed by atoms with Gasteiger partial charge in [0.15, 0.2) is 5.76 Å². The van der Waals surface area contributed by atoms with E-state index in [1.165, 1.54) is 0 Å². The second kappa shape index (κ2) is 5.66.